The molecular formula is C18H22N2O4. The Morgan fingerprint density at radius 3 is 2.21 bits per heavy atom. The molecule has 2 heterocycles. The van der Waals surface area contributed by atoms with Crippen molar-refractivity contribution in [3.63, 3.8) is 0 Å². The van der Waals surface area contributed by atoms with Gasteiger partial charge in [-0.15, -0.1) is 0 Å². The Morgan fingerprint density at radius 2 is 1.67 bits per heavy atom. The summed E-state index contributed by atoms with van der Waals surface area (Å²) in [7, 11) is 1.60. The van der Waals surface area contributed by atoms with Crippen LogP contribution in [0.5, 0.6) is 5.75 Å². The van der Waals surface area contributed by atoms with Crippen LogP contribution in [-0.2, 0) is 14.3 Å². The van der Waals surface area contributed by atoms with Crippen LogP contribution in [0.2, 0.25) is 0 Å². The maximum absolute atomic E-state index is 12.9. The van der Waals surface area contributed by atoms with Crippen molar-refractivity contribution >= 4 is 17.4 Å². The van der Waals surface area contributed by atoms with Gasteiger partial charge in [-0.3, -0.25) is 14.5 Å². The van der Waals surface area contributed by atoms with Crippen molar-refractivity contribution in [2.75, 3.05) is 33.4 Å². The number of hydrogen-bond acceptors (Lipinski definition) is 5. The number of benzene rings is 1. The average molecular weight is 330 g/mol. The summed E-state index contributed by atoms with van der Waals surface area (Å²) < 4.78 is 10.6. The molecule has 6 nitrogen and oxygen atoms in total. The predicted octanol–water partition coefficient (Wildman–Crippen LogP) is 1.52. The summed E-state index contributed by atoms with van der Waals surface area (Å²) in [5.74, 6) is 0.258. The highest BCUT2D eigenvalue weighted by Gasteiger charge is 2.42. The molecule has 1 aromatic carbocycles. The molecule has 0 N–H and O–H groups in total. The molecule has 2 aliphatic rings. The number of rotatable bonds is 4. The molecule has 0 bridgehead atoms. The minimum Gasteiger partial charge on any atom is -0.497 e. The second kappa shape index (κ2) is 6.65. The van der Waals surface area contributed by atoms with E-state index < -0.39 is 0 Å². The Labute approximate surface area is 141 Å². The highest BCUT2D eigenvalue weighted by atomic mass is 16.5. The van der Waals surface area contributed by atoms with E-state index in [2.05, 4.69) is 0 Å². The van der Waals surface area contributed by atoms with Crippen LogP contribution >= 0.6 is 0 Å². The van der Waals surface area contributed by atoms with Crippen LogP contribution in [0.15, 0.2) is 30.0 Å². The van der Waals surface area contributed by atoms with Crippen molar-refractivity contribution in [1.82, 2.24) is 9.80 Å². The van der Waals surface area contributed by atoms with Gasteiger partial charge >= 0.3 is 0 Å². The zero-order valence-corrected chi connectivity index (χ0v) is 14.2. The van der Waals surface area contributed by atoms with E-state index in [1.165, 1.54) is 4.90 Å². The first kappa shape index (κ1) is 16.5. The summed E-state index contributed by atoms with van der Waals surface area (Å²) in [5, 5.41) is 0. The topological polar surface area (TPSA) is 59.1 Å². The second-order valence-electron chi connectivity index (χ2n) is 6.13. The van der Waals surface area contributed by atoms with Gasteiger partial charge in [-0.1, -0.05) is 12.1 Å². The molecule has 128 valence electrons. The fraction of sp³-hybridized carbons (Fsp3) is 0.444. The zero-order chi connectivity index (χ0) is 17.3. The van der Waals surface area contributed by atoms with Crippen molar-refractivity contribution in [3.8, 4) is 5.75 Å². The van der Waals surface area contributed by atoms with Gasteiger partial charge in [0.05, 0.1) is 25.9 Å². The first-order valence-corrected chi connectivity index (χ1v) is 8.14. The summed E-state index contributed by atoms with van der Waals surface area (Å²) in [6.07, 6.45) is 0. The number of ether oxygens (including phenoxy) is 2. The summed E-state index contributed by atoms with van der Waals surface area (Å²) in [4.78, 5) is 29.1. The van der Waals surface area contributed by atoms with Crippen molar-refractivity contribution in [2.45, 2.75) is 19.9 Å². The summed E-state index contributed by atoms with van der Waals surface area (Å²) in [5.41, 5.74) is 1.69. The number of carbonyl (C=O) groups excluding carboxylic acids is 2. The van der Waals surface area contributed by atoms with Gasteiger partial charge in [-0.25, -0.2) is 0 Å². The molecule has 1 aromatic rings. The van der Waals surface area contributed by atoms with Crippen LogP contribution in [0.25, 0.3) is 5.57 Å². The van der Waals surface area contributed by atoms with Crippen LogP contribution in [0, 0.1) is 0 Å². The largest absolute Gasteiger partial charge is 0.497 e. The molecule has 2 aliphatic heterocycles. The molecular weight excluding hydrogens is 308 g/mol. The van der Waals surface area contributed by atoms with E-state index in [9.17, 15) is 9.59 Å². The lowest BCUT2D eigenvalue weighted by molar-refractivity contribution is -0.139. The highest BCUT2D eigenvalue weighted by molar-refractivity contribution is 6.35. The van der Waals surface area contributed by atoms with Crippen LogP contribution < -0.4 is 4.74 Å². The van der Waals surface area contributed by atoms with Crippen molar-refractivity contribution in [1.29, 1.82) is 0 Å². The number of imide groups is 1. The van der Waals surface area contributed by atoms with Crippen molar-refractivity contribution in [2.24, 2.45) is 0 Å². The predicted molar refractivity (Wildman–Crippen MR) is 89.3 cm³/mol. The summed E-state index contributed by atoms with van der Waals surface area (Å²) >= 11 is 0. The van der Waals surface area contributed by atoms with E-state index in [1.54, 1.807) is 19.2 Å². The minimum atomic E-state index is -0.235. The molecule has 0 aliphatic carbocycles. The number of nitrogens with zero attached hydrogens (tertiary/aromatic N) is 2. The van der Waals surface area contributed by atoms with E-state index >= 15 is 0 Å². The third-order valence-electron chi connectivity index (χ3n) is 4.31. The number of amides is 2. The third kappa shape index (κ3) is 2.78. The SMILES string of the molecule is COc1ccc(C2=C(N3CCOCC3)C(=O)N(C(C)C)C2=O)cc1. The van der Waals surface area contributed by atoms with Gasteiger partial charge in [-0.05, 0) is 31.5 Å². The molecule has 3 rings (SSSR count). The smallest absolute Gasteiger partial charge is 0.278 e. The quantitative estimate of drug-likeness (QED) is 0.784. The highest BCUT2D eigenvalue weighted by Crippen LogP contribution is 2.33. The van der Waals surface area contributed by atoms with Gasteiger partial charge in [0, 0.05) is 19.1 Å². The minimum absolute atomic E-state index is 0.184. The molecule has 0 spiro atoms. The van der Waals surface area contributed by atoms with Gasteiger partial charge < -0.3 is 14.4 Å². The molecule has 0 saturated carbocycles. The average Bonchev–Trinajstić information content (AvgIpc) is 2.86. The fourth-order valence-corrected chi connectivity index (χ4v) is 3.10. The van der Waals surface area contributed by atoms with Crippen LogP contribution in [-0.4, -0.2) is 61.1 Å². The molecule has 0 unspecified atom stereocenters. The van der Waals surface area contributed by atoms with Gasteiger partial charge in [0.15, 0.2) is 0 Å². The number of carbonyl (C=O) groups is 2. The first-order chi connectivity index (χ1) is 11.5. The first-order valence-electron chi connectivity index (χ1n) is 8.14. The third-order valence-corrected chi connectivity index (χ3v) is 4.31. The van der Waals surface area contributed by atoms with Crippen LogP contribution in [0.4, 0.5) is 0 Å². The Morgan fingerprint density at radius 1 is 1.04 bits per heavy atom. The van der Waals surface area contributed by atoms with E-state index in [1.807, 2.05) is 30.9 Å². The Bertz CT molecular complexity index is 673. The molecule has 24 heavy (non-hydrogen) atoms. The lowest BCUT2D eigenvalue weighted by atomic mass is 10.0. The zero-order valence-electron chi connectivity index (χ0n) is 14.2. The van der Waals surface area contributed by atoms with Gasteiger partial charge in [0.2, 0.25) is 0 Å². The maximum atomic E-state index is 12.9. The fourth-order valence-electron chi connectivity index (χ4n) is 3.10. The number of methoxy groups -OCH3 is 1. The van der Waals surface area contributed by atoms with Crippen LogP contribution in [0.1, 0.15) is 19.4 Å². The lowest BCUT2D eigenvalue weighted by Gasteiger charge is -2.30. The second-order valence-corrected chi connectivity index (χ2v) is 6.13. The van der Waals surface area contributed by atoms with Gasteiger partial charge in [0.25, 0.3) is 11.8 Å². The summed E-state index contributed by atoms with van der Waals surface area (Å²) in [6, 6.07) is 7.06. The van der Waals surface area contributed by atoms with E-state index in [0.29, 0.717) is 43.3 Å². The number of morpholine rings is 1. The Kier molecular flexibility index (Phi) is 4.57. The monoisotopic (exact) mass is 330 g/mol. The number of hydrogen-bond donors (Lipinski definition) is 0. The van der Waals surface area contributed by atoms with E-state index in [-0.39, 0.29) is 17.9 Å². The van der Waals surface area contributed by atoms with E-state index in [4.69, 9.17) is 9.47 Å². The summed E-state index contributed by atoms with van der Waals surface area (Å²) in [6.45, 7) is 6.04. The van der Waals surface area contributed by atoms with Crippen LogP contribution in [0.3, 0.4) is 0 Å². The molecule has 2 amide bonds. The molecule has 6 heteroatoms. The Balaban J connectivity index is 2.07. The van der Waals surface area contributed by atoms with Gasteiger partial charge in [-0.2, -0.15) is 0 Å². The molecule has 1 fully saturated rings. The van der Waals surface area contributed by atoms with E-state index in [0.717, 1.165) is 5.56 Å². The molecule has 0 radical (unpaired) electrons. The molecule has 0 aromatic heterocycles. The lowest BCUT2D eigenvalue weighted by Crippen LogP contribution is -2.42. The maximum Gasteiger partial charge on any atom is 0.278 e. The van der Waals surface area contributed by atoms with Crippen molar-refractivity contribution < 1.29 is 19.1 Å². The van der Waals surface area contributed by atoms with Crippen molar-refractivity contribution in [3.05, 3.63) is 35.5 Å². The molecule has 0 atom stereocenters. The Hall–Kier alpha value is -2.34. The standard InChI is InChI=1S/C18H22N2O4/c1-12(2)20-17(21)15(13-4-6-14(23-3)7-5-13)16(18(20)22)19-8-10-24-11-9-19/h4-7,12H,8-11H2,1-3H3. The normalized spacial score (nSPS) is 18.8. The molecule has 1 saturated heterocycles. The van der Waals surface area contributed by atoms with Gasteiger partial charge in [0.1, 0.15) is 11.4 Å².